The molecule has 0 aromatic heterocycles. The highest BCUT2D eigenvalue weighted by atomic mass is 16.7. The highest BCUT2D eigenvalue weighted by Gasteiger charge is 2.48. The smallest absolute Gasteiger partial charge is 0.345 e. The summed E-state index contributed by atoms with van der Waals surface area (Å²) < 4.78 is 18.1. The quantitative estimate of drug-likeness (QED) is 0.0922. The van der Waals surface area contributed by atoms with Crippen molar-refractivity contribution in [3.8, 4) is 0 Å². The Morgan fingerprint density at radius 1 is 0.529 bits per heavy atom. The number of aliphatic hydroxyl groups excluding tert-OH is 8. The third-order valence-corrected chi connectivity index (χ3v) is 5.08. The summed E-state index contributed by atoms with van der Waals surface area (Å²) in [7, 11) is 0. The van der Waals surface area contributed by atoms with E-state index < -0.39 is 98.1 Å². The number of unbranched alkanes of at least 4 members (excludes halogenated alkanes) is 1. The largest absolute Gasteiger partial charge is 0.391 e. The Morgan fingerprint density at radius 2 is 0.853 bits per heavy atom. The van der Waals surface area contributed by atoms with Crippen molar-refractivity contribution in [3.63, 3.8) is 0 Å². The van der Waals surface area contributed by atoms with Gasteiger partial charge in [0.15, 0.2) is 24.8 Å². The van der Waals surface area contributed by atoms with E-state index >= 15 is 0 Å². The third-order valence-electron chi connectivity index (χ3n) is 5.08. The van der Waals surface area contributed by atoms with Crippen molar-refractivity contribution in [3.05, 3.63) is 0 Å². The highest BCUT2D eigenvalue weighted by Crippen LogP contribution is 2.22. The minimum absolute atomic E-state index is 0.0282. The molecule has 2 fully saturated rings. The van der Waals surface area contributed by atoms with E-state index in [1.165, 1.54) is 0 Å². The number of esters is 4. The molecule has 2 heterocycles. The molecule has 194 valence electrons. The molecule has 16 nitrogen and oxygen atoms in total. The van der Waals surface area contributed by atoms with E-state index in [0.717, 1.165) is 0 Å². The van der Waals surface area contributed by atoms with E-state index in [0.29, 0.717) is 0 Å². The summed E-state index contributed by atoms with van der Waals surface area (Å²) in [6.45, 7) is 0. The molecule has 2 aliphatic heterocycles. The number of ether oxygens (including phenoxy) is 4. The van der Waals surface area contributed by atoms with Crippen LogP contribution in [-0.2, 0) is 38.1 Å². The fourth-order valence-corrected chi connectivity index (χ4v) is 3.09. The molecule has 0 bridgehead atoms. The molecule has 34 heavy (non-hydrogen) atoms. The van der Waals surface area contributed by atoms with Crippen molar-refractivity contribution in [1.82, 2.24) is 0 Å². The van der Waals surface area contributed by atoms with E-state index in [1.54, 1.807) is 0 Å². The van der Waals surface area contributed by atoms with Crippen LogP contribution in [-0.4, -0.2) is 126 Å². The van der Waals surface area contributed by atoms with Gasteiger partial charge in [-0.25, -0.2) is 9.59 Å². The van der Waals surface area contributed by atoms with Gasteiger partial charge < -0.3 is 59.8 Å². The van der Waals surface area contributed by atoms with E-state index in [2.05, 4.69) is 18.9 Å². The van der Waals surface area contributed by atoms with Gasteiger partial charge in [-0.2, -0.15) is 0 Å². The van der Waals surface area contributed by atoms with Gasteiger partial charge in [-0.3, -0.25) is 9.59 Å². The number of carbonyl (C=O) groups is 4. The summed E-state index contributed by atoms with van der Waals surface area (Å²) in [5.74, 6) is -5.04. The van der Waals surface area contributed by atoms with Crippen molar-refractivity contribution < 1.29 is 79.0 Å². The van der Waals surface area contributed by atoms with E-state index in [9.17, 15) is 60.0 Å². The molecule has 10 atom stereocenters. The minimum Gasteiger partial charge on any atom is -0.391 e. The topological polar surface area (TPSA) is 267 Å². The Labute approximate surface area is 190 Å². The second-order valence-corrected chi connectivity index (χ2v) is 7.63. The normalized spacial score (nSPS) is 38.1. The van der Waals surface area contributed by atoms with E-state index in [4.69, 9.17) is 0 Å². The third kappa shape index (κ3) is 6.72. The molecule has 0 spiro atoms. The number of hydrogen-bond acceptors (Lipinski definition) is 16. The molecule has 0 aromatic carbocycles. The summed E-state index contributed by atoms with van der Waals surface area (Å²) >= 11 is 0. The van der Waals surface area contributed by atoms with Gasteiger partial charge in [-0.1, -0.05) is 0 Å². The first-order chi connectivity index (χ1) is 15.8. The Balaban J connectivity index is 1.70. The Hall–Kier alpha value is -2.12. The van der Waals surface area contributed by atoms with Crippen LogP contribution < -0.4 is 0 Å². The predicted molar refractivity (Wildman–Crippen MR) is 98.5 cm³/mol. The second kappa shape index (κ2) is 12.0. The van der Waals surface area contributed by atoms with Crippen molar-refractivity contribution in [2.75, 3.05) is 0 Å². The molecule has 0 saturated carbocycles. The Bertz CT molecular complexity index is 694. The lowest BCUT2D eigenvalue weighted by molar-refractivity contribution is -0.280. The van der Waals surface area contributed by atoms with E-state index in [1.807, 2.05) is 0 Å². The predicted octanol–water partition coefficient (Wildman–Crippen LogP) is -5.71. The van der Waals surface area contributed by atoms with Gasteiger partial charge >= 0.3 is 23.9 Å². The van der Waals surface area contributed by atoms with Gasteiger partial charge in [0, 0.05) is 12.8 Å². The van der Waals surface area contributed by atoms with Gasteiger partial charge in [-0.15, -0.1) is 0 Å². The SMILES string of the molecule is O=C(CCCCC(=O)OC(=O)[C@H]1O[C@@H](O)[C@H](O)[C@@H](O)[C@@H]1O)OC(=O)[C@H]1O[C@@H](O)[C@H](O)[C@@H](O)[C@@H]1O. The number of aliphatic hydroxyl groups is 8. The van der Waals surface area contributed by atoms with Gasteiger partial charge in [0.1, 0.15) is 36.6 Å². The average molecular weight is 498 g/mol. The maximum atomic E-state index is 11.9. The van der Waals surface area contributed by atoms with Crippen LogP contribution in [0.4, 0.5) is 0 Å². The maximum absolute atomic E-state index is 11.9. The zero-order valence-corrected chi connectivity index (χ0v) is 17.4. The molecule has 0 aliphatic carbocycles. The minimum atomic E-state index is -2.00. The van der Waals surface area contributed by atoms with Gasteiger partial charge in [-0.05, 0) is 12.8 Å². The molecule has 0 amide bonds. The average Bonchev–Trinajstić information content (AvgIpc) is 2.78. The summed E-state index contributed by atoms with van der Waals surface area (Å²) in [4.78, 5) is 47.3. The summed E-state index contributed by atoms with van der Waals surface area (Å²) in [6, 6.07) is 0. The van der Waals surface area contributed by atoms with Crippen LogP contribution in [0, 0.1) is 0 Å². The first-order valence-corrected chi connectivity index (χ1v) is 10.1. The van der Waals surface area contributed by atoms with Crippen LogP contribution in [0.2, 0.25) is 0 Å². The molecule has 8 N–H and O–H groups in total. The van der Waals surface area contributed by atoms with Crippen LogP contribution in [0.3, 0.4) is 0 Å². The fourth-order valence-electron chi connectivity index (χ4n) is 3.09. The zero-order chi connectivity index (χ0) is 25.7. The van der Waals surface area contributed by atoms with Crippen LogP contribution in [0.15, 0.2) is 0 Å². The number of carbonyl (C=O) groups excluding carboxylic acids is 4. The molecule has 0 radical (unpaired) electrons. The van der Waals surface area contributed by atoms with Crippen LogP contribution in [0.1, 0.15) is 25.7 Å². The van der Waals surface area contributed by atoms with Crippen molar-refractivity contribution in [2.45, 2.75) is 87.1 Å². The van der Waals surface area contributed by atoms with Gasteiger partial charge in [0.05, 0.1) is 0 Å². The lowest BCUT2D eigenvalue weighted by atomic mass is 9.99. The highest BCUT2D eigenvalue weighted by molar-refractivity contribution is 5.89. The molecule has 16 heteroatoms. The summed E-state index contributed by atoms with van der Waals surface area (Å²) in [5.41, 5.74) is 0. The fraction of sp³-hybridized carbons (Fsp3) is 0.778. The standard InChI is InChI=1S/C18H26O16/c19-5(31-17(29)13-9(23)7(21)11(25)15(27)33-13)3-1-2-4-6(20)32-18(30)14-10(24)8(22)12(26)16(28)34-14/h7-16,21-28H,1-4H2/t7-,8-,9-,10-,11+,12+,13-,14-,15+,16+/m0/s1. The molecule has 0 unspecified atom stereocenters. The number of hydrogen-bond donors (Lipinski definition) is 8. The molecule has 2 aliphatic rings. The lowest BCUT2D eigenvalue weighted by Crippen LogP contribution is -2.60. The van der Waals surface area contributed by atoms with Crippen LogP contribution >= 0.6 is 0 Å². The van der Waals surface area contributed by atoms with Crippen molar-refractivity contribution >= 4 is 23.9 Å². The zero-order valence-electron chi connectivity index (χ0n) is 17.4. The molecular weight excluding hydrogens is 472 g/mol. The van der Waals surface area contributed by atoms with Crippen molar-refractivity contribution in [2.24, 2.45) is 0 Å². The molecule has 2 rings (SSSR count). The van der Waals surface area contributed by atoms with Crippen molar-refractivity contribution in [1.29, 1.82) is 0 Å². The monoisotopic (exact) mass is 498 g/mol. The first-order valence-electron chi connectivity index (χ1n) is 10.1. The van der Waals surface area contributed by atoms with E-state index in [-0.39, 0.29) is 12.8 Å². The number of rotatable bonds is 7. The van der Waals surface area contributed by atoms with Gasteiger partial charge in [0.2, 0.25) is 0 Å². The van der Waals surface area contributed by atoms with Crippen LogP contribution in [0.5, 0.6) is 0 Å². The molecule has 2 saturated heterocycles. The molecular formula is C18H26O16. The van der Waals surface area contributed by atoms with Crippen LogP contribution in [0.25, 0.3) is 0 Å². The summed E-state index contributed by atoms with van der Waals surface area (Å²) in [5, 5.41) is 75.9. The Kier molecular flexibility index (Phi) is 9.95. The van der Waals surface area contributed by atoms with Gasteiger partial charge in [0.25, 0.3) is 0 Å². The second-order valence-electron chi connectivity index (χ2n) is 7.63. The Morgan fingerprint density at radius 3 is 1.18 bits per heavy atom. The molecule has 0 aromatic rings. The first kappa shape index (κ1) is 28.1. The lowest BCUT2D eigenvalue weighted by Gasteiger charge is -2.36. The summed E-state index contributed by atoms with van der Waals surface area (Å²) in [6.07, 6.45) is -20.3. The maximum Gasteiger partial charge on any atom is 0.345 e.